The first-order valence-electron chi connectivity index (χ1n) is 6.30. The topological polar surface area (TPSA) is 12.0 Å². The second kappa shape index (κ2) is 7.14. The van der Waals surface area contributed by atoms with Crippen molar-refractivity contribution in [3.8, 4) is 0 Å². The van der Waals surface area contributed by atoms with Gasteiger partial charge < -0.3 is 5.32 Å². The van der Waals surface area contributed by atoms with Crippen LogP contribution in [0.1, 0.15) is 18.1 Å². The molecule has 1 N–H and O–H groups in total. The van der Waals surface area contributed by atoms with E-state index < -0.39 is 0 Å². The lowest BCUT2D eigenvalue weighted by Crippen LogP contribution is -2.27. The molecule has 0 fully saturated rings. The molecule has 0 aliphatic carbocycles. The highest BCUT2D eigenvalue weighted by Gasteiger charge is 2.01. The van der Waals surface area contributed by atoms with Crippen LogP contribution in [0.4, 0.5) is 0 Å². The standard InChI is InChI=1S/C16H19NS/c1-14(12-16-9-11-18-13-16)17-10-5-8-15-6-3-2-4-7-15/h2-9,11,13-14,17H,10,12H2,1H3. The van der Waals surface area contributed by atoms with Crippen molar-refractivity contribution in [3.05, 3.63) is 64.4 Å². The summed E-state index contributed by atoms with van der Waals surface area (Å²) in [5.74, 6) is 0. The van der Waals surface area contributed by atoms with Crippen LogP contribution in [0.5, 0.6) is 0 Å². The molecule has 0 amide bonds. The van der Waals surface area contributed by atoms with Gasteiger partial charge in [0.25, 0.3) is 0 Å². The Hall–Kier alpha value is -1.38. The highest BCUT2D eigenvalue weighted by molar-refractivity contribution is 7.07. The van der Waals surface area contributed by atoms with Gasteiger partial charge in [-0.05, 0) is 41.3 Å². The molecule has 1 atom stereocenters. The molecule has 2 rings (SSSR count). The number of nitrogens with one attached hydrogen (secondary N) is 1. The maximum Gasteiger partial charge on any atom is 0.0140 e. The van der Waals surface area contributed by atoms with Gasteiger partial charge >= 0.3 is 0 Å². The summed E-state index contributed by atoms with van der Waals surface area (Å²) in [5, 5.41) is 7.87. The Bertz CT molecular complexity index is 459. The summed E-state index contributed by atoms with van der Waals surface area (Å²) in [6, 6.07) is 13.1. The number of hydrogen-bond acceptors (Lipinski definition) is 2. The number of rotatable bonds is 6. The summed E-state index contributed by atoms with van der Waals surface area (Å²) in [6.07, 6.45) is 5.44. The van der Waals surface area contributed by atoms with E-state index in [2.05, 4.69) is 65.5 Å². The molecule has 0 saturated heterocycles. The summed E-state index contributed by atoms with van der Waals surface area (Å²) in [5.41, 5.74) is 2.68. The van der Waals surface area contributed by atoms with Crippen LogP contribution in [0, 0.1) is 0 Å². The lowest BCUT2D eigenvalue weighted by molar-refractivity contribution is 0.582. The second-order valence-electron chi connectivity index (χ2n) is 4.46. The van der Waals surface area contributed by atoms with Crippen molar-refractivity contribution in [3.63, 3.8) is 0 Å². The van der Waals surface area contributed by atoms with Crippen LogP contribution in [-0.4, -0.2) is 12.6 Å². The fourth-order valence-corrected chi connectivity index (χ4v) is 2.54. The molecule has 2 aromatic rings. The van der Waals surface area contributed by atoms with Gasteiger partial charge in [-0.2, -0.15) is 11.3 Å². The predicted octanol–water partition coefficient (Wildman–Crippen LogP) is 3.98. The molecule has 0 aliphatic heterocycles. The molecule has 0 radical (unpaired) electrons. The molecule has 0 spiro atoms. The van der Waals surface area contributed by atoms with E-state index in [9.17, 15) is 0 Å². The van der Waals surface area contributed by atoms with Crippen LogP contribution < -0.4 is 5.32 Å². The van der Waals surface area contributed by atoms with Crippen LogP contribution >= 0.6 is 11.3 Å². The maximum atomic E-state index is 3.51. The Morgan fingerprint density at radius 3 is 2.78 bits per heavy atom. The predicted molar refractivity (Wildman–Crippen MR) is 81.0 cm³/mol. The molecule has 0 aliphatic rings. The summed E-state index contributed by atoms with van der Waals surface area (Å²) in [6.45, 7) is 3.15. The zero-order valence-corrected chi connectivity index (χ0v) is 11.5. The summed E-state index contributed by atoms with van der Waals surface area (Å²) >= 11 is 1.77. The monoisotopic (exact) mass is 257 g/mol. The average Bonchev–Trinajstić information content (AvgIpc) is 2.89. The Morgan fingerprint density at radius 1 is 1.22 bits per heavy atom. The van der Waals surface area contributed by atoms with E-state index in [1.807, 2.05) is 6.07 Å². The van der Waals surface area contributed by atoms with E-state index >= 15 is 0 Å². The minimum absolute atomic E-state index is 0.514. The van der Waals surface area contributed by atoms with Gasteiger partial charge in [-0.25, -0.2) is 0 Å². The molecule has 0 saturated carbocycles. The van der Waals surface area contributed by atoms with Gasteiger partial charge in [0.1, 0.15) is 0 Å². The molecule has 94 valence electrons. The highest BCUT2D eigenvalue weighted by atomic mass is 32.1. The summed E-state index contributed by atoms with van der Waals surface area (Å²) in [4.78, 5) is 0. The van der Waals surface area contributed by atoms with E-state index in [-0.39, 0.29) is 0 Å². The molecule has 2 heteroatoms. The Kier molecular flexibility index (Phi) is 5.18. The zero-order chi connectivity index (χ0) is 12.6. The summed E-state index contributed by atoms with van der Waals surface area (Å²) in [7, 11) is 0. The maximum absolute atomic E-state index is 3.51. The van der Waals surface area contributed by atoms with Gasteiger partial charge in [-0.1, -0.05) is 42.5 Å². The van der Waals surface area contributed by atoms with Crippen molar-refractivity contribution in [2.24, 2.45) is 0 Å². The van der Waals surface area contributed by atoms with Crippen molar-refractivity contribution in [1.82, 2.24) is 5.32 Å². The van der Waals surface area contributed by atoms with E-state index in [1.54, 1.807) is 11.3 Å². The fourth-order valence-electron chi connectivity index (χ4n) is 1.86. The van der Waals surface area contributed by atoms with Gasteiger partial charge in [0, 0.05) is 12.6 Å². The van der Waals surface area contributed by atoms with Crippen molar-refractivity contribution in [2.45, 2.75) is 19.4 Å². The van der Waals surface area contributed by atoms with Crippen LogP contribution in [0.2, 0.25) is 0 Å². The van der Waals surface area contributed by atoms with Gasteiger partial charge in [0.15, 0.2) is 0 Å². The third-order valence-corrected chi connectivity index (χ3v) is 3.55. The van der Waals surface area contributed by atoms with E-state index in [0.29, 0.717) is 6.04 Å². The van der Waals surface area contributed by atoms with Gasteiger partial charge in [-0.3, -0.25) is 0 Å². The first-order chi connectivity index (χ1) is 8.84. The minimum atomic E-state index is 0.514. The van der Waals surface area contributed by atoms with E-state index in [0.717, 1.165) is 13.0 Å². The Balaban J connectivity index is 1.70. The van der Waals surface area contributed by atoms with Crippen molar-refractivity contribution < 1.29 is 0 Å². The van der Waals surface area contributed by atoms with Gasteiger partial charge in [0.05, 0.1) is 0 Å². The zero-order valence-electron chi connectivity index (χ0n) is 10.7. The molecular formula is C16H19NS. The van der Waals surface area contributed by atoms with Crippen molar-refractivity contribution in [2.75, 3.05) is 6.54 Å². The number of benzene rings is 1. The third-order valence-electron chi connectivity index (χ3n) is 2.82. The second-order valence-corrected chi connectivity index (χ2v) is 5.24. The SMILES string of the molecule is CC(Cc1ccsc1)NCC=Cc1ccccc1. The van der Waals surface area contributed by atoms with Crippen molar-refractivity contribution in [1.29, 1.82) is 0 Å². The van der Waals surface area contributed by atoms with Crippen LogP contribution in [0.3, 0.4) is 0 Å². The first kappa shape index (κ1) is 13.1. The Labute approximate surface area is 113 Å². The summed E-state index contributed by atoms with van der Waals surface area (Å²) < 4.78 is 0. The smallest absolute Gasteiger partial charge is 0.0140 e. The van der Waals surface area contributed by atoms with Crippen LogP contribution in [0.25, 0.3) is 6.08 Å². The molecule has 1 heterocycles. The van der Waals surface area contributed by atoms with Crippen molar-refractivity contribution >= 4 is 17.4 Å². The molecule has 1 nitrogen and oxygen atoms in total. The van der Waals surface area contributed by atoms with Gasteiger partial charge in [0.2, 0.25) is 0 Å². The van der Waals surface area contributed by atoms with E-state index in [4.69, 9.17) is 0 Å². The number of hydrogen-bond donors (Lipinski definition) is 1. The number of thiophene rings is 1. The lowest BCUT2D eigenvalue weighted by atomic mass is 10.1. The van der Waals surface area contributed by atoms with Crippen LogP contribution in [0.15, 0.2) is 53.2 Å². The quantitative estimate of drug-likeness (QED) is 0.825. The highest BCUT2D eigenvalue weighted by Crippen LogP contribution is 2.08. The first-order valence-corrected chi connectivity index (χ1v) is 7.25. The molecule has 1 aromatic heterocycles. The fraction of sp³-hybridized carbons (Fsp3) is 0.250. The normalized spacial score (nSPS) is 12.9. The average molecular weight is 257 g/mol. The lowest BCUT2D eigenvalue weighted by Gasteiger charge is -2.10. The largest absolute Gasteiger partial charge is 0.310 e. The molecule has 18 heavy (non-hydrogen) atoms. The molecular weight excluding hydrogens is 238 g/mol. The third kappa shape index (κ3) is 4.47. The molecule has 1 unspecified atom stereocenters. The van der Waals surface area contributed by atoms with Crippen LogP contribution in [-0.2, 0) is 6.42 Å². The molecule has 0 bridgehead atoms. The minimum Gasteiger partial charge on any atom is -0.310 e. The Morgan fingerprint density at radius 2 is 2.06 bits per heavy atom. The van der Waals surface area contributed by atoms with E-state index in [1.165, 1.54) is 11.1 Å². The van der Waals surface area contributed by atoms with Gasteiger partial charge in [-0.15, -0.1) is 0 Å². The molecule has 1 aromatic carbocycles.